The fourth-order valence-electron chi connectivity index (χ4n) is 1.05. The summed E-state index contributed by atoms with van der Waals surface area (Å²) in [6.07, 6.45) is 0. The third kappa shape index (κ3) is 1.06. The Morgan fingerprint density at radius 3 is 2.83 bits per heavy atom. The molecule has 2 rings (SSSR count). The largest absolute Gasteiger partial charge is 0.507 e. The number of aromatic hydroxyl groups is 1. The van der Waals surface area contributed by atoms with Gasteiger partial charge in [0.15, 0.2) is 5.13 Å². The van der Waals surface area contributed by atoms with E-state index < -0.39 is 0 Å². The van der Waals surface area contributed by atoms with Crippen molar-refractivity contribution in [1.29, 1.82) is 0 Å². The summed E-state index contributed by atoms with van der Waals surface area (Å²) in [5, 5.41) is 9.90. The van der Waals surface area contributed by atoms with Crippen molar-refractivity contribution in [3.05, 3.63) is 28.4 Å². The normalized spacial score (nSPS) is 10.8. The maximum Gasteiger partial charge on any atom is 0.177 e. The topological polar surface area (TPSA) is 20.2 Å². The summed E-state index contributed by atoms with van der Waals surface area (Å²) in [6, 6.07) is 4.28. The fourth-order valence-corrected chi connectivity index (χ4v) is 2.14. The lowest BCUT2D eigenvalue weighted by Crippen LogP contribution is -1.67. The molecular weight excluding hydrogens is 199 g/mol. The summed E-state index contributed by atoms with van der Waals surface area (Å²) in [5.41, 5.74) is 0. The predicted molar refractivity (Wildman–Crippen MR) is 48.5 cm³/mol. The third-order valence-corrected chi connectivity index (χ3v) is 2.97. The van der Waals surface area contributed by atoms with Crippen molar-refractivity contribution >= 4 is 33.0 Å². The number of benzene rings is 1. The first kappa shape index (κ1) is 7.83. The molecule has 0 amide bonds. The van der Waals surface area contributed by atoms with Crippen molar-refractivity contribution < 1.29 is 9.50 Å². The molecule has 0 aliphatic rings. The van der Waals surface area contributed by atoms with E-state index in [0.29, 0.717) is 15.1 Å². The molecule has 0 saturated heterocycles. The number of fused-ring (bicyclic) bond motifs is 1. The standard InChI is InChI=1S/C8H4ClFOS/c9-5-1-2-6(11)4-3-7(10)12-8(4)5/h1-3,11H. The van der Waals surface area contributed by atoms with E-state index in [4.69, 9.17) is 11.6 Å². The minimum atomic E-state index is -0.339. The summed E-state index contributed by atoms with van der Waals surface area (Å²) in [7, 11) is 0. The van der Waals surface area contributed by atoms with Crippen LogP contribution in [0.3, 0.4) is 0 Å². The molecule has 1 N–H and O–H groups in total. The van der Waals surface area contributed by atoms with E-state index in [0.717, 1.165) is 11.3 Å². The van der Waals surface area contributed by atoms with Crippen LogP contribution < -0.4 is 0 Å². The highest BCUT2D eigenvalue weighted by atomic mass is 35.5. The molecule has 0 aliphatic heterocycles. The molecule has 0 saturated carbocycles. The Morgan fingerprint density at radius 1 is 1.42 bits per heavy atom. The molecule has 0 spiro atoms. The molecule has 1 heterocycles. The van der Waals surface area contributed by atoms with Gasteiger partial charge in [-0.3, -0.25) is 0 Å². The van der Waals surface area contributed by atoms with Gasteiger partial charge in [0.2, 0.25) is 0 Å². The lowest BCUT2D eigenvalue weighted by molar-refractivity contribution is 0.481. The van der Waals surface area contributed by atoms with E-state index in [2.05, 4.69) is 0 Å². The number of hydrogen-bond donors (Lipinski definition) is 1. The predicted octanol–water partition coefficient (Wildman–Crippen LogP) is 3.40. The lowest BCUT2D eigenvalue weighted by atomic mass is 10.2. The van der Waals surface area contributed by atoms with Crippen LogP contribution in [0.1, 0.15) is 0 Å². The average molecular weight is 203 g/mol. The van der Waals surface area contributed by atoms with Crippen molar-refractivity contribution in [1.82, 2.24) is 0 Å². The monoisotopic (exact) mass is 202 g/mol. The lowest BCUT2D eigenvalue weighted by Gasteiger charge is -1.94. The highest BCUT2D eigenvalue weighted by Crippen LogP contribution is 2.36. The number of thiophene rings is 1. The van der Waals surface area contributed by atoms with Gasteiger partial charge >= 0.3 is 0 Å². The van der Waals surface area contributed by atoms with E-state index in [1.54, 1.807) is 6.07 Å². The van der Waals surface area contributed by atoms with Crippen LogP contribution in [0.25, 0.3) is 10.1 Å². The van der Waals surface area contributed by atoms with Gasteiger partial charge in [-0.05, 0) is 18.2 Å². The van der Waals surface area contributed by atoms with E-state index >= 15 is 0 Å². The molecule has 12 heavy (non-hydrogen) atoms. The zero-order valence-corrected chi connectivity index (χ0v) is 7.42. The van der Waals surface area contributed by atoms with Gasteiger partial charge in [0.05, 0.1) is 9.72 Å². The number of rotatable bonds is 0. The third-order valence-electron chi connectivity index (χ3n) is 1.58. The molecule has 1 nitrogen and oxygen atoms in total. The summed E-state index contributed by atoms with van der Waals surface area (Å²) < 4.78 is 13.3. The second-order valence-corrected chi connectivity index (χ2v) is 3.77. The minimum absolute atomic E-state index is 0.0644. The molecule has 0 unspecified atom stereocenters. The van der Waals surface area contributed by atoms with Crippen LogP contribution in [-0.4, -0.2) is 5.11 Å². The van der Waals surface area contributed by atoms with E-state index in [9.17, 15) is 9.50 Å². The zero-order valence-electron chi connectivity index (χ0n) is 5.84. The number of phenolic OH excluding ortho intramolecular Hbond substituents is 1. The maximum atomic E-state index is 12.7. The molecule has 0 atom stereocenters. The first-order valence-corrected chi connectivity index (χ1v) is 4.44. The molecule has 1 aromatic heterocycles. The molecule has 62 valence electrons. The van der Waals surface area contributed by atoms with Crippen LogP contribution in [0.2, 0.25) is 5.02 Å². The van der Waals surface area contributed by atoms with Gasteiger partial charge < -0.3 is 5.11 Å². The van der Waals surface area contributed by atoms with Crippen LogP contribution >= 0.6 is 22.9 Å². The van der Waals surface area contributed by atoms with Crippen LogP contribution in [0.5, 0.6) is 5.75 Å². The summed E-state index contributed by atoms with van der Waals surface area (Å²) in [4.78, 5) is 0. The average Bonchev–Trinajstić information content (AvgIpc) is 2.41. The Balaban J connectivity index is 2.93. The zero-order chi connectivity index (χ0) is 8.72. The van der Waals surface area contributed by atoms with E-state index in [1.807, 2.05) is 0 Å². The van der Waals surface area contributed by atoms with Gasteiger partial charge in [0, 0.05) is 5.39 Å². The van der Waals surface area contributed by atoms with E-state index in [1.165, 1.54) is 12.1 Å². The number of phenols is 1. The second kappa shape index (κ2) is 2.61. The highest BCUT2D eigenvalue weighted by Gasteiger charge is 2.08. The summed E-state index contributed by atoms with van der Waals surface area (Å²) in [6.45, 7) is 0. The van der Waals surface area contributed by atoms with Gasteiger partial charge in [0.25, 0.3) is 0 Å². The Hall–Kier alpha value is -0.800. The Bertz CT molecular complexity index is 399. The molecule has 0 fully saturated rings. The Kier molecular flexibility index (Phi) is 1.70. The van der Waals surface area contributed by atoms with Gasteiger partial charge in [0.1, 0.15) is 5.75 Å². The summed E-state index contributed by atoms with van der Waals surface area (Å²) in [5.74, 6) is 0.0644. The smallest absolute Gasteiger partial charge is 0.177 e. The molecule has 1 aromatic carbocycles. The highest BCUT2D eigenvalue weighted by molar-refractivity contribution is 7.18. The quantitative estimate of drug-likeness (QED) is 0.694. The molecule has 2 aromatic rings. The van der Waals surface area contributed by atoms with E-state index in [-0.39, 0.29) is 10.9 Å². The Labute approximate surface area is 77.0 Å². The number of halogens is 2. The maximum absolute atomic E-state index is 12.7. The van der Waals surface area contributed by atoms with Crippen LogP contribution in [0, 0.1) is 5.13 Å². The second-order valence-electron chi connectivity index (χ2n) is 2.36. The van der Waals surface area contributed by atoms with Gasteiger partial charge in [-0.1, -0.05) is 11.6 Å². The van der Waals surface area contributed by atoms with Crippen LogP contribution in [0.15, 0.2) is 18.2 Å². The van der Waals surface area contributed by atoms with Crippen molar-refractivity contribution in [3.63, 3.8) is 0 Å². The molecular formula is C8H4ClFOS. The van der Waals surface area contributed by atoms with Gasteiger partial charge in [-0.2, -0.15) is 4.39 Å². The van der Waals surface area contributed by atoms with Gasteiger partial charge in [-0.15, -0.1) is 11.3 Å². The van der Waals surface area contributed by atoms with Gasteiger partial charge in [-0.25, -0.2) is 0 Å². The fraction of sp³-hybridized carbons (Fsp3) is 0. The van der Waals surface area contributed by atoms with Crippen molar-refractivity contribution in [2.24, 2.45) is 0 Å². The molecule has 0 bridgehead atoms. The Morgan fingerprint density at radius 2 is 2.17 bits per heavy atom. The van der Waals surface area contributed by atoms with Crippen molar-refractivity contribution in [2.75, 3.05) is 0 Å². The van der Waals surface area contributed by atoms with Crippen LogP contribution in [-0.2, 0) is 0 Å². The van der Waals surface area contributed by atoms with Crippen molar-refractivity contribution in [2.45, 2.75) is 0 Å². The summed E-state index contributed by atoms with van der Waals surface area (Å²) >= 11 is 6.71. The first-order chi connectivity index (χ1) is 5.68. The molecule has 0 aliphatic carbocycles. The van der Waals surface area contributed by atoms with Crippen molar-refractivity contribution in [3.8, 4) is 5.75 Å². The first-order valence-electron chi connectivity index (χ1n) is 3.25. The molecule has 0 radical (unpaired) electrons. The minimum Gasteiger partial charge on any atom is -0.507 e. The number of hydrogen-bond acceptors (Lipinski definition) is 2. The SMILES string of the molecule is Oc1ccc(Cl)c2sc(F)cc12. The molecule has 4 heteroatoms. The van der Waals surface area contributed by atoms with Crippen LogP contribution in [0.4, 0.5) is 4.39 Å².